The van der Waals surface area contributed by atoms with Crippen molar-refractivity contribution in [3.8, 4) is 0 Å². The van der Waals surface area contributed by atoms with Crippen molar-refractivity contribution in [3.05, 3.63) is 76.1 Å². The summed E-state index contributed by atoms with van der Waals surface area (Å²) in [6, 6.07) is 12.6. The number of nitro groups is 1. The number of nitro benzene ring substituents is 1. The molecule has 0 amide bonds. The summed E-state index contributed by atoms with van der Waals surface area (Å²) in [6.45, 7) is 9.76. The molecule has 1 saturated heterocycles. The van der Waals surface area contributed by atoms with Crippen LogP contribution in [0.25, 0.3) is 6.08 Å². The first kappa shape index (κ1) is 25.6. The van der Waals surface area contributed by atoms with Crippen LogP contribution < -0.4 is 5.32 Å². The van der Waals surface area contributed by atoms with Crippen molar-refractivity contribution in [1.82, 2.24) is 9.62 Å². The molecule has 0 saturated carbocycles. The fraction of sp³-hybridized carbons (Fsp3) is 0.364. The topological polar surface area (TPSA) is 75.5 Å². The number of benzene rings is 2. The Bertz CT molecular complexity index is 847. The number of nitrogens with zero attached hydrogens (tertiary/aromatic N) is 2. The lowest BCUT2D eigenvalue weighted by molar-refractivity contribution is -0.385. The molecular formula is C22H30FN3O3S. The molecule has 0 aliphatic carbocycles. The maximum absolute atomic E-state index is 14.0. The first-order valence-corrected chi connectivity index (χ1v) is 11.2. The van der Waals surface area contributed by atoms with E-state index in [-0.39, 0.29) is 17.3 Å². The molecule has 6 nitrogen and oxygen atoms in total. The first-order chi connectivity index (χ1) is 14.6. The highest BCUT2D eigenvalue weighted by molar-refractivity contribution is 7.82. The molecule has 1 aliphatic rings. The Kier molecular flexibility index (Phi) is 11.7. The van der Waals surface area contributed by atoms with Crippen LogP contribution in [0.3, 0.4) is 0 Å². The monoisotopic (exact) mass is 435 g/mol. The second-order valence-electron chi connectivity index (χ2n) is 5.76. The molecule has 0 spiro atoms. The Balaban J connectivity index is 0.00000106. The van der Waals surface area contributed by atoms with Gasteiger partial charge in [-0.25, -0.2) is 12.9 Å². The highest BCUT2D eigenvalue weighted by atomic mass is 32.2. The van der Waals surface area contributed by atoms with Gasteiger partial charge in [0, 0.05) is 25.7 Å². The molecule has 8 heteroatoms. The van der Waals surface area contributed by atoms with Crippen LogP contribution in [0.15, 0.2) is 59.5 Å². The first-order valence-electron chi connectivity index (χ1n) is 10.1. The van der Waals surface area contributed by atoms with Gasteiger partial charge in [-0.1, -0.05) is 58.0 Å². The van der Waals surface area contributed by atoms with Crippen LogP contribution in [0.4, 0.5) is 10.1 Å². The third-order valence-corrected chi connectivity index (χ3v) is 5.66. The standard InChI is InChI=1S/C18H18FN3O3S.2C2H6/c19-17-7-4-8-18(22(23)24)16(17)10-9-14-13-20-11-12-21(14)26(25)15-5-2-1-3-6-15;2*1-2/h1-10,14,20H,11-13H2;2*1-2H3/b10-9+;;. The third-order valence-electron chi connectivity index (χ3n) is 4.10. The predicted octanol–water partition coefficient (Wildman–Crippen LogP) is 4.80. The lowest BCUT2D eigenvalue weighted by Crippen LogP contribution is -2.50. The largest absolute Gasteiger partial charge is 0.314 e. The zero-order valence-corrected chi connectivity index (χ0v) is 18.7. The summed E-state index contributed by atoms with van der Waals surface area (Å²) in [6.07, 6.45) is 3.07. The van der Waals surface area contributed by atoms with E-state index in [0.29, 0.717) is 24.5 Å². The highest BCUT2D eigenvalue weighted by Crippen LogP contribution is 2.24. The average molecular weight is 436 g/mol. The average Bonchev–Trinajstić information content (AvgIpc) is 2.81. The van der Waals surface area contributed by atoms with Gasteiger partial charge in [0.15, 0.2) is 0 Å². The van der Waals surface area contributed by atoms with E-state index < -0.39 is 21.7 Å². The molecule has 164 valence electrons. The van der Waals surface area contributed by atoms with Crippen molar-refractivity contribution in [3.63, 3.8) is 0 Å². The summed E-state index contributed by atoms with van der Waals surface area (Å²) in [7, 11) is -1.36. The minimum absolute atomic E-state index is 0.0754. The Hall–Kier alpha value is -2.42. The van der Waals surface area contributed by atoms with Crippen LogP contribution in [0, 0.1) is 15.9 Å². The highest BCUT2D eigenvalue weighted by Gasteiger charge is 2.26. The number of piperazine rings is 1. The molecule has 2 aromatic carbocycles. The third kappa shape index (κ3) is 6.83. The Labute approximate surface area is 180 Å². The van der Waals surface area contributed by atoms with Crippen LogP contribution in [0.2, 0.25) is 0 Å². The van der Waals surface area contributed by atoms with Crippen molar-refractivity contribution in [1.29, 1.82) is 0 Å². The molecule has 1 aliphatic heterocycles. The van der Waals surface area contributed by atoms with E-state index in [1.807, 2.05) is 45.9 Å². The minimum atomic E-state index is -1.36. The van der Waals surface area contributed by atoms with Crippen molar-refractivity contribution >= 4 is 22.7 Å². The summed E-state index contributed by atoms with van der Waals surface area (Å²) in [5.74, 6) is -0.657. The van der Waals surface area contributed by atoms with Crippen LogP contribution in [0.5, 0.6) is 0 Å². The van der Waals surface area contributed by atoms with E-state index in [4.69, 9.17) is 0 Å². The fourth-order valence-corrected chi connectivity index (χ4v) is 4.11. The van der Waals surface area contributed by atoms with Crippen LogP contribution in [-0.4, -0.2) is 39.1 Å². The summed E-state index contributed by atoms with van der Waals surface area (Å²) in [4.78, 5) is 11.2. The van der Waals surface area contributed by atoms with Gasteiger partial charge in [0.2, 0.25) is 0 Å². The Morgan fingerprint density at radius 2 is 1.80 bits per heavy atom. The lowest BCUT2D eigenvalue weighted by atomic mass is 10.1. The van der Waals surface area contributed by atoms with Gasteiger partial charge in [0.25, 0.3) is 5.69 Å². The number of hydrogen-bond acceptors (Lipinski definition) is 4. The molecule has 1 N–H and O–H groups in total. The van der Waals surface area contributed by atoms with Crippen molar-refractivity contribution < 1.29 is 13.5 Å². The summed E-state index contributed by atoms with van der Waals surface area (Å²) >= 11 is 0. The molecule has 0 radical (unpaired) electrons. The summed E-state index contributed by atoms with van der Waals surface area (Å²) < 4.78 is 28.7. The van der Waals surface area contributed by atoms with Crippen molar-refractivity contribution in [2.75, 3.05) is 19.6 Å². The molecule has 30 heavy (non-hydrogen) atoms. The van der Waals surface area contributed by atoms with Crippen molar-refractivity contribution in [2.24, 2.45) is 0 Å². The second kappa shape index (κ2) is 13.7. The van der Waals surface area contributed by atoms with Gasteiger partial charge in [0.05, 0.1) is 21.4 Å². The Morgan fingerprint density at radius 1 is 1.13 bits per heavy atom. The van der Waals surface area contributed by atoms with Crippen LogP contribution in [-0.2, 0) is 11.0 Å². The lowest BCUT2D eigenvalue weighted by Gasteiger charge is -2.33. The van der Waals surface area contributed by atoms with E-state index in [9.17, 15) is 18.7 Å². The zero-order chi connectivity index (χ0) is 22.5. The van der Waals surface area contributed by atoms with E-state index >= 15 is 0 Å². The Morgan fingerprint density at radius 3 is 2.43 bits per heavy atom. The van der Waals surface area contributed by atoms with Crippen LogP contribution >= 0.6 is 0 Å². The number of halogens is 1. The molecule has 1 heterocycles. The quantitative estimate of drug-likeness (QED) is 0.541. The maximum Gasteiger partial charge on any atom is 0.279 e. The molecule has 2 atom stereocenters. The van der Waals surface area contributed by atoms with E-state index in [1.165, 1.54) is 24.3 Å². The zero-order valence-electron chi connectivity index (χ0n) is 17.9. The molecule has 1 fully saturated rings. The summed E-state index contributed by atoms with van der Waals surface area (Å²) in [5.41, 5.74) is -0.366. The maximum atomic E-state index is 14.0. The van der Waals surface area contributed by atoms with Gasteiger partial charge in [-0.05, 0) is 24.3 Å². The van der Waals surface area contributed by atoms with Gasteiger partial charge in [-0.15, -0.1) is 0 Å². The normalized spacial score (nSPS) is 17.3. The van der Waals surface area contributed by atoms with Crippen LogP contribution in [0.1, 0.15) is 33.3 Å². The van der Waals surface area contributed by atoms with Gasteiger partial charge >= 0.3 is 0 Å². The number of nitrogens with one attached hydrogen (secondary N) is 1. The minimum Gasteiger partial charge on any atom is -0.314 e. The van der Waals surface area contributed by atoms with Gasteiger partial charge in [-0.2, -0.15) is 0 Å². The second-order valence-corrected chi connectivity index (χ2v) is 7.20. The molecular weight excluding hydrogens is 405 g/mol. The van der Waals surface area contributed by atoms with E-state index in [0.717, 1.165) is 0 Å². The van der Waals surface area contributed by atoms with Gasteiger partial charge < -0.3 is 5.32 Å². The molecule has 2 unspecified atom stereocenters. The van der Waals surface area contributed by atoms with E-state index in [2.05, 4.69) is 5.32 Å². The van der Waals surface area contributed by atoms with Crippen molar-refractivity contribution in [2.45, 2.75) is 38.6 Å². The van der Waals surface area contributed by atoms with Gasteiger partial charge in [0.1, 0.15) is 16.8 Å². The smallest absolute Gasteiger partial charge is 0.279 e. The fourth-order valence-electron chi connectivity index (χ4n) is 2.81. The molecule has 3 rings (SSSR count). The molecule has 0 bridgehead atoms. The molecule has 2 aromatic rings. The van der Waals surface area contributed by atoms with Gasteiger partial charge in [-0.3, -0.25) is 10.1 Å². The SMILES string of the molecule is CC.CC.O=[N+]([O-])c1cccc(F)c1/C=C/C1CNCCN1S(=O)c1ccccc1. The number of rotatable bonds is 5. The van der Waals surface area contributed by atoms with E-state index in [1.54, 1.807) is 22.5 Å². The summed E-state index contributed by atoms with van der Waals surface area (Å²) in [5, 5.41) is 14.3. The molecule has 0 aromatic heterocycles. The predicted molar refractivity (Wildman–Crippen MR) is 121 cm³/mol. The number of hydrogen-bond donors (Lipinski definition) is 1.